The van der Waals surface area contributed by atoms with Gasteiger partial charge in [0.25, 0.3) is 0 Å². The highest BCUT2D eigenvalue weighted by Gasteiger charge is 2.21. The first-order chi connectivity index (χ1) is 7.33. The Hall–Kier alpha value is -1.95. The van der Waals surface area contributed by atoms with Gasteiger partial charge >= 0.3 is 0 Å². The van der Waals surface area contributed by atoms with Crippen LogP contribution in [-0.4, -0.2) is 19.1 Å². The van der Waals surface area contributed by atoms with Crippen LogP contribution in [0.5, 0.6) is 5.75 Å². The molecular formula is C12H11NO2. The Kier molecular flexibility index (Phi) is 2.59. The van der Waals surface area contributed by atoms with Gasteiger partial charge in [0.05, 0.1) is 25.3 Å². The predicted molar refractivity (Wildman–Crippen MR) is 57.7 cm³/mol. The van der Waals surface area contributed by atoms with Gasteiger partial charge in [-0.1, -0.05) is 18.1 Å². The fourth-order valence-electron chi connectivity index (χ4n) is 1.58. The number of nitrogens with zero attached hydrogens (tertiary/aromatic N) is 1. The first kappa shape index (κ1) is 9.60. The topological polar surface area (TPSA) is 29.5 Å². The Balaban J connectivity index is 2.43. The van der Waals surface area contributed by atoms with Gasteiger partial charge in [-0.15, -0.1) is 6.42 Å². The van der Waals surface area contributed by atoms with E-state index in [1.807, 2.05) is 24.3 Å². The Labute approximate surface area is 88.6 Å². The lowest BCUT2D eigenvalue weighted by molar-refractivity contribution is -0.118. The van der Waals surface area contributed by atoms with E-state index in [0.717, 1.165) is 11.4 Å². The summed E-state index contributed by atoms with van der Waals surface area (Å²) in [7, 11) is 0. The average Bonchev–Trinajstić information content (AvgIpc) is 2.40. The number of rotatable bonds is 1. The molecule has 1 aliphatic heterocycles. The maximum atomic E-state index is 11.7. The van der Waals surface area contributed by atoms with Crippen molar-refractivity contribution in [2.45, 2.75) is 6.42 Å². The molecule has 0 aromatic heterocycles. The van der Waals surface area contributed by atoms with Crippen LogP contribution in [-0.2, 0) is 4.79 Å². The minimum Gasteiger partial charge on any atom is -0.491 e. The van der Waals surface area contributed by atoms with Crippen LogP contribution in [0, 0.1) is 12.3 Å². The van der Waals surface area contributed by atoms with Crippen LogP contribution in [0.2, 0.25) is 0 Å². The summed E-state index contributed by atoms with van der Waals surface area (Å²) in [6, 6.07) is 7.43. The molecule has 3 nitrogen and oxygen atoms in total. The van der Waals surface area contributed by atoms with E-state index in [1.165, 1.54) is 0 Å². The lowest BCUT2D eigenvalue weighted by Crippen LogP contribution is -2.30. The summed E-state index contributed by atoms with van der Waals surface area (Å²) in [5, 5.41) is 0. The maximum Gasteiger partial charge on any atom is 0.231 e. The summed E-state index contributed by atoms with van der Waals surface area (Å²) in [4.78, 5) is 13.3. The van der Waals surface area contributed by atoms with Gasteiger partial charge in [0.2, 0.25) is 5.91 Å². The van der Waals surface area contributed by atoms with Crippen LogP contribution in [0.4, 0.5) is 5.69 Å². The summed E-state index contributed by atoms with van der Waals surface area (Å²) < 4.78 is 5.46. The molecule has 0 spiro atoms. The summed E-state index contributed by atoms with van der Waals surface area (Å²) in [5.74, 6) is 3.22. The zero-order valence-electron chi connectivity index (χ0n) is 8.27. The van der Waals surface area contributed by atoms with Gasteiger partial charge < -0.3 is 4.74 Å². The first-order valence-corrected chi connectivity index (χ1v) is 4.78. The molecule has 2 rings (SSSR count). The predicted octanol–water partition coefficient (Wildman–Crippen LogP) is 1.44. The fraction of sp³-hybridized carbons (Fsp3) is 0.250. The smallest absolute Gasteiger partial charge is 0.231 e. The van der Waals surface area contributed by atoms with Crippen LogP contribution in [0.25, 0.3) is 0 Å². The molecule has 1 heterocycles. The van der Waals surface area contributed by atoms with Crippen molar-refractivity contribution in [3.63, 3.8) is 0 Å². The van der Waals surface area contributed by atoms with E-state index in [0.29, 0.717) is 19.6 Å². The molecule has 1 aromatic rings. The molecular weight excluding hydrogens is 190 g/mol. The number of anilines is 1. The number of fused-ring (bicyclic) bond motifs is 1. The van der Waals surface area contributed by atoms with Crippen molar-refractivity contribution in [3.8, 4) is 18.1 Å². The molecule has 0 atom stereocenters. The van der Waals surface area contributed by atoms with Crippen molar-refractivity contribution in [2.24, 2.45) is 0 Å². The Morgan fingerprint density at radius 1 is 1.47 bits per heavy atom. The quantitative estimate of drug-likeness (QED) is 0.643. The van der Waals surface area contributed by atoms with Crippen LogP contribution >= 0.6 is 0 Å². The van der Waals surface area contributed by atoms with Crippen LogP contribution in [0.3, 0.4) is 0 Å². The van der Waals surface area contributed by atoms with Crippen molar-refractivity contribution in [1.82, 2.24) is 0 Å². The van der Waals surface area contributed by atoms with Crippen molar-refractivity contribution < 1.29 is 9.53 Å². The van der Waals surface area contributed by atoms with Gasteiger partial charge in [-0.05, 0) is 12.1 Å². The average molecular weight is 201 g/mol. The van der Waals surface area contributed by atoms with E-state index in [1.54, 1.807) is 4.90 Å². The van der Waals surface area contributed by atoms with Gasteiger partial charge in [-0.2, -0.15) is 0 Å². The van der Waals surface area contributed by atoms with Crippen LogP contribution < -0.4 is 9.64 Å². The van der Waals surface area contributed by atoms with E-state index >= 15 is 0 Å². The minimum atomic E-state index is 0.0119. The fourth-order valence-corrected chi connectivity index (χ4v) is 1.58. The first-order valence-electron chi connectivity index (χ1n) is 4.78. The highest BCUT2D eigenvalue weighted by Crippen LogP contribution is 2.30. The maximum absolute atomic E-state index is 11.7. The number of carbonyl (C=O) groups excluding carboxylic acids is 1. The Bertz CT molecular complexity index is 420. The van der Waals surface area contributed by atoms with Crippen LogP contribution in [0.1, 0.15) is 6.42 Å². The molecule has 0 radical (unpaired) electrons. The number of para-hydroxylation sites is 2. The van der Waals surface area contributed by atoms with Gasteiger partial charge in [-0.25, -0.2) is 0 Å². The third-order valence-corrected chi connectivity index (χ3v) is 2.28. The van der Waals surface area contributed by atoms with Crippen molar-refractivity contribution in [3.05, 3.63) is 24.3 Å². The number of terminal acetylenes is 1. The van der Waals surface area contributed by atoms with Gasteiger partial charge in [0, 0.05) is 0 Å². The Morgan fingerprint density at radius 3 is 3.07 bits per heavy atom. The number of hydrogen-bond donors (Lipinski definition) is 0. The summed E-state index contributed by atoms with van der Waals surface area (Å²) in [6.07, 6.45) is 5.62. The van der Waals surface area contributed by atoms with Crippen LogP contribution in [0.15, 0.2) is 24.3 Å². The normalized spacial score (nSPS) is 14.9. The third-order valence-electron chi connectivity index (χ3n) is 2.28. The molecule has 1 amide bonds. The Morgan fingerprint density at radius 2 is 2.27 bits per heavy atom. The molecule has 0 unspecified atom stereocenters. The van der Waals surface area contributed by atoms with E-state index in [2.05, 4.69) is 5.92 Å². The molecule has 76 valence electrons. The van der Waals surface area contributed by atoms with E-state index < -0.39 is 0 Å². The largest absolute Gasteiger partial charge is 0.491 e. The zero-order valence-corrected chi connectivity index (χ0v) is 8.27. The monoisotopic (exact) mass is 201 g/mol. The van der Waals surface area contributed by atoms with Crippen molar-refractivity contribution >= 4 is 11.6 Å². The SMILES string of the molecule is C#CCN1C(=O)CCOc2ccccc21. The van der Waals surface area contributed by atoms with Gasteiger partial charge in [0.1, 0.15) is 5.75 Å². The number of amides is 1. The van der Waals surface area contributed by atoms with Crippen molar-refractivity contribution in [1.29, 1.82) is 0 Å². The highest BCUT2D eigenvalue weighted by atomic mass is 16.5. The number of hydrogen-bond acceptors (Lipinski definition) is 2. The third kappa shape index (κ3) is 1.79. The molecule has 3 heteroatoms. The molecule has 0 N–H and O–H groups in total. The molecule has 0 aliphatic carbocycles. The van der Waals surface area contributed by atoms with Gasteiger partial charge in [0.15, 0.2) is 0 Å². The van der Waals surface area contributed by atoms with Crippen molar-refractivity contribution in [2.75, 3.05) is 18.1 Å². The highest BCUT2D eigenvalue weighted by molar-refractivity contribution is 5.96. The molecule has 1 aromatic carbocycles. The standard InChI is InChI=1S/C12H11NO2/c1-2-8-13-10-5-3-4-6-11(10)15-9-7-12(13)14/h1,3-6H,7-9H2. The lowest BCUT2D eigenvalue weighted by atomic mass is 10.2. The summed E-state index contributed by atoms with van der Waals surface area (Å²) >= 11 is 0. The van der Waals surface area contributed by atoms with Gasteiger partial charge in [-0.3, -0.25) is 9.69 Å². The lowest BCUT2D eigenvalue weighted by Gasteiger charge is -2.18. The summed E-state index contributed by atoms with van der Waals surface area (Å²) in [5.41, 5.74) is 0.762. The zero-order chi connectivity index (χ0) is 10.7. The molecule has 0 bridgehead atoms. The molecule has 15 heavy (non-hydrogen) atoms. The second-order valence-corrected chi connectivity index (χ2v) is 3.25. The molecule has 1 aliphatic rings. The molecule has 0 saturated heterocycles. The molecule has 0 saturated carbocycles. The van der Waals surface area contributed by atoms with E-state index in [9.17, 15) is 4.79 Å². The second kappa shape index (κ2) is 4.05. The number of benzene rings is 1. The summed E-state index contributed by atoms with van der Waals surface area (Å²) in [6.45, 7) is 0.704. The van der Waals surface area contributed by atoms with E-state index in [-0.39, 0.29) is 5.91 Å². The number of ether oxygens (including phenoxy) is 1. The second-order valence-electron chi connectivity index (χ2n) is 3.25. The molecule has 0 fully saturated rings. The minimum absolute atomic E-state index is 0.0119. The van der Waals surface area contributed by atoms with E-state index in [4.69, 9.17) is 11.2 Å². The number of carbonyl (C=O) groups is 1.